The minimum Gasteiger partial charge on any atom is -0.507 e. The van der Waals surface area contributed by atoms with Gasteiger partial charge in [-0.05, 0) is 68.1 Å². The van der Waals surface area contributed by atoms with Gasteiger partial charge in [0, 0.05) is 5.56 Å². The van der Waals surface area contributed by atoms with Gasteiger partial charge in [0.2, 0.25) is 0 Å². The Morgan fingerprint density at radius 3 is 2.29 bits per heavy atom. The Balaban J connectivity index is 1.78. The van der Waals surface area contributed by atoms with Crippen molar-refractivity contribution in [2.45, 2.75) is 53.5 Å². The van der Waals surface area contributed by atoms with Crippen LogP contribution in [0.5, 0.6) is 11.5 Å². The molecule has 1 amide bonds. The van der Waals surface area contributed by atoms with Crippen LogP contribution in [0.2, 0.25) is 0 Å². The fourth-order valence-electron chi connectivity index (χ4n) is 4.44. The van der Waals surface area contributed by atoms with Crippen LogP contribution >= 0.6 is 11.3 Å². The van der Waals surface area contributed by atoms with Crippen LogP contribution in [-0.4, -0.2) is 47.6 Å². The molecular weight excluding hydrogens is 556 g/mol. The summed E-state index contributed by atoms with van der Waals surface area (Å²) >= 11 is 0.975. The van der Waals surface area contributed by atoms with Crippen molar-refractivity contribution in [1.29, 1.82) is 0 Å². The van der Waals surface area contributed by atoms with E-state index >= 15 is 0 Å². The number of rotatable bonds is 12. The zero-order valence-electron chi connectivity index (χ0n) is 24.5. The lowest BCUT2D eigenvalue weighted by Gasteiger charge is -2.23. The lowest BCUT2D eigenvalue weighted by atomic mass is 9.95. The number of aliphatic hydroxyl groups is 1. The van der Waals surface area contributed by atoms with Gasteiger partial charge in [-0.1, -0.05) is 50.7 Å². The van der Waals surface area contributed by atoms with E-state index < -0.39 is 23.7 Å². The second kappa shape index (κ2) is 13.7. The van der Waals surface area contributed by atoms with Gasteiger partial charge in [-0.3, -0.25) is 14.5 Å². The second-order valence-corrected chi connectivity index (χ2v) is 11.3. The van der Waals surface area contributed by atoms with Gasteiger partial charge in [0.05, 0.1) is 37.1 Å². The maximum absolute atomic E-state index is 13.5. The normalized spacial score (nSPS) is 16.2. The van der Waals surface area contributed by atoms with Gasteiger partial charge >= 0.3 is 11.9 Å². The predicted molar refractivity (Wildman–Crippen MR) is 161 cm³/mol. The number of aliphatic hydroxyl groups excluding tert-OH is 1. The molecule has 0 unspecified atom stereocenters. The Hall–Kier alpha value is -4.18. The van der Waals surface area contributed by atoms with E-state index in [0.29, 0.717) is 41.5 Å². The number of carbonyl (C=O) groups is 3. The lowest BCUT2D eigenvalue weighted by molar-refractivity contribution is -0.132. The van der Waals surface area contributed by atoms with Crippen molar-refractivity contribution in [3.8, 4) is 11.5 Å². The van der Waals surface area contributed by atoms with E-state index in [4.69, 9.17) is 14.2 Å². The molecule has 1 fully saturated rings. The summed E-state index contributed by atoms with van der Waals surface area (Å²) in [6.45, 7) is 10.8. The highest BCUT2D eigenvalue weighted by atomic mass is 32.1. The number of hydrogen-bond acceptors (Lipinski definition) is 9. The summed E-state index contributed by atoms with van der Waals surface area (Å²) in [5.74, 6) is -1.16. The first-order valence-corrected chi connectivity index (χ1v) is 14.9. The Bertz CT molecular complexity index is 1460. The summed E-state index contributed by atoms with van der Waals surface area (Å²) in [6, 6.07) is 12.7. The van der Waals surface area contributed by atoms with Gasteiger partial charge in [-0.15, -0.1) is 0 Å². The predicted octanol–water partition coefficient (Wildman–Crippen LogP) is 6.47. The number of ketones is 1. The topological polar surface area (TPSA) is 115 Å². The number of amides is 1. The van der Waals surface area contributed by atoms with E-state index in [0.717, 1.165) is 24.2 Å². The lowest BCUT2D eigenvalue weighted by Crippen LogP contribution is -2.29. The number of anilines is 1. The molecule has 42 heavy (non-hydrogen) atoms. The average Bonchev–Trinajstić information content (AvgIpc) is 3.48. The van der Waals surface area contributed by atoms with E-state index in [1.807, 2.05) is 20.8 Å². The molecule has 0 saturated carbocycles. The largest absolute Gasteiger partial charge is 0.507 e. The number of thiazole rings is 1. The van der Waals surface area contributed by atoms with Gasteiger partial charge in [-0.25, -0.2) is 9.78 Å². The second-order valence-electron chi connectivity index (χ2n) is 10.3. The molecule has 222 valence electrons. The summed E-state index contributed by atoms with van der Waals surface area (Å²) in [5, 5.41) is 11.6. The number of esters is 1. The molecule has 0 spiro atoms. The number of carbonyl (C=O) groups excluding carboxylic acids is 3. The Labute approximate surface area is 249 Å². The quantitative estimate of drug-likeness (QED) is 0.0837. The number of unbranched alkanes of at least 4 members (excludes halogenated alkanes) is 1. The number of aromatic nitrogens is 1. The third kappa shape index (κ3) is 6.65. The van der Waals surface area contributed by atoms with Crippen molar-refractivity contribution >= 4 is 39.9 Å². The maximum atomic E-state index is 13.5. The fraction of sp³-hybridized carbons (Fsp3) is 0.375. The molecule has 1 saturated heterocycles. The van der Waals surface area contributed by atoms with Crippen molar-refractivity contribution in [2.24, 2.45) is 5.92 Å². The van der Waals surface area contributed by atoms with Gasteiger partial charge in [0.15, 0.2) is 5.13 Å². The van der Waals surface area contributed by atoms with Crippen molar-refractivity contribution in [3.63, 3.8) is 0 Å². The zero-order chi connectivity index (χ0) is 30.4. The van der Waals surface area contributed by atoms with Crippen molar-refractivity contribution in [1.82, 2.24) is 4.98 Å². The third-order valence-electron chi connectivity index (χ3n) is 6.57. The van der Waals surface area contributed by atoms with E-state index in [-0.39, 0.29) is 33.9 Å². The summed E-state index contributed by atoms with van der Waals surface area (Å²) in [4.78, 5) is 45.8. The summed E-state index contributed by atoms with van der Waals surface area (Å²) < 4.78 is 16.7. The van der Waals surface area contributed by atoms with E-state index in [1.165, 1.54) is 4.90 Å². The Kier molecular flexibility index (Phi) is 10.0. The standard InChI is InChI=1S/C32H36N2O7S/c1-6-8-17-40-24-15-11-22(12-16-24)27(35)25-26(21-9-13-23(14-10-21)39-7-2)34(30(37)28(25)36)32-33-20(5)29(42-32)31(38)41-18-19(3)4/h9-16,19,26,35H,6-8,17-18H2,1-5H3/t26-/m0/s1. The van der Waals surface area contributed by atoms with Crippen LogP contribution in [0.25, 0.3) is 5.76 Å². The molecule has 0 bridgehead atoms. The molecule has 1 N–H and O–H groups in total. The van der Waals surface area contributed by atoms with Crippen LogP contribution in [0.3, 0.4) is 0 Å². The molecule has 3 aromatic rings. The first-order chi connectivity index (χ1) is 20.2. The van der Waals surface area contributed by atoms with Gasteiger partial charge in [0.25, 0.3) is 5.78 Å². The summed E-state index contributed by atoms with van der Waals surface area (Å²) in [7, 11) is 0. The molecule has 1 aromatic heterocycles. The Morgan fingerprint density at radius 1 is 1.02 bits per heavy atom. The molecule has 2 aromatic carbocycles. The van der Waals surface area contributed by atoms with Crippen LogP contribution in [0.1, 0.15) is 73.1 Å². The maximum Gasteiger partial charge on any atom is 0.350 e. The molecule has 0 aliphatic carbocycles. The number of ether oxygens (including phenoxy) is 3. The molecule has 10 heteroatoms. The van der Waals surface area contributed by atoms with E-state index in [9.17, 15) is 19.5 Å². The van der Waals surface area contributed by atoms with E-state index in [2.05, 4.69) is 11.9 Å². The molecule has 4 rings (SSSR count). The van der Waals surface area contributed by atoms with Crippen LogP contribution in [0.4, 0.5) is 5.13 Å². The molecule has 1 aliphatic rings. The molecule has 0 radical (unpaired) electrons. The molecule has 9 nitrogen and oxygen atoms in total. The van der Waals surface area contributed by atoms with Crippen LogP contribution in [-0.2, 0) is 14.3 Å². The van der Waals surface area contributed by atoms with Crippen molar-refractivity contribution < 1.29 is 33.7 Å². The first kappa shape index (κ1) is 30.8. The molecular formula is C32H36N2O7S. The SMILES string of the molecule is CCCCOc1ccc(C(O)=C2C(=O)C(=O)N(c3nc(C)c(C(=O)OCC(C)C)s3)[C@H]2c2ccc(OCC)cc2)cc1. The minimum atomic E-state index is -0.994. The molecule has 1 aliphatic heterocycles. The van der Waals surface area contributed by atoms with Crippen LogP contribution < -0.4 is 14.4 Å². The monoisotopic (exact) mass is 592 g/mol. The summed E-state index contributed by atoms with van der Waals surface area (Å²) in [6.07, 6.45) is 1.92. The summed E-state index contributed by atoms with van der Waals surface area (Å²) in [5.41, 5.74) is 1.23. The molecule has 2 heterocycles. The highest BCUT2D eigenvalue weighted by Gasteiger charge is 2.48. The smallest absolute Gasteiger partial charge is 0.350 e. The average molecular weight is 593 g/mol. The zero-order valence-corrected chi connectivity index (χ0v) is 25.3. The highest BCUT2D eigenvalue weighted by Crippen LogP contribution is 2.44. The van der Waals surface area contributed by atoms with Crippen molar-refractivity contribution in [2.75, 3.05) is 24.7 Å². The molecule has 1 atom stereocenters. The van der Waals surface area contributed by atoms with Crippen LogP contribution in [0.15, 0.2) is 54.1 Å². The van der Waals surface area contributed by atoms with Crippen molar-refractivity contribution in [3.05, 3.63) is 75.8 Å². The third-order valence-corrected chi connectivity index (χ3v) is 7.71. The van der Waals surface area contributed by atoms with E-state index in [1.54, 1.807) is 55.5 Å². The number of nitrogens with zero attached hydrogens (tertiary/aromatic N) is 2. The first-order valence-electron chi connectivity index (χ1n) is 14.1. The highest BCUT2D eigenvalue weighted by molar-refractivity contribution is 7.17. The fourth-order valence-corrected chi connectivity index (χ4v) is 5.43. The minimum absolute atomic E-state index is 0.0828. The van der Waals surface area contributed by atoms with Gasteiger partial charge < -0.3 is 19.3 Å². The number of Topliss-reactive ketones (excluding diaryl/α,β-unsaturated/α-hetero) is 1. The van der Waals surface area contributed by atoms with Crippen LogP contribution in [0, 0.1) is 12.8 Å². The number of benzene rings is 2. The number of hydrogen-bond donors (Lipinski definition) is 1. The van der Waals surface area contributed by atoms with Gasteiger partial charge in [0.1, 0.15) is 22.1 Å². The van der Waals surface area contributed by atoms with Gasteiger partial charge in [-0.2, -0.15) is 0 Å². The number of aryl methyl sites for hydroxylation is 1. The Morgan fingerprint density at radius 2 is 1.67 bits per heavy atom.